The number of hydrogen-bond donors (Lipinski definition) is 1. The molecule has 0 aliphatic carbocycles. The van der Waals surface area contributed by atoms with Crippen LogP contribution in [0, 0.1) is 6.92 Å². The van der Waals surface area contributed by atoms with Crippen LogP contribution in [0.4, 0.5) is 0 Å². The molecule has 3 saturated heterocycles. The van der Waals surface area contributed by atoms with E-state index < -0.39 is 43.8 Å². The standard InChI is InChI=1S/C8H5NO9P2/c1-3-6(11)4(2-10)5(7(9-3)19(12)13)8-15-18-20(14,16-8)17-8/h2,11H,1H3. The first-order valence-electron chi connectivity index (χ1n) is 5.04. The second-order valence-corrected chi connectivity index (χ2v) is 6.22. The van der Waals surface area contributed by atoms with Crippen LogP contribution in [0.2, 0.25) is 0 Å². The van der Waals surface area contributed by atoms with Gasteiger partial charge < -0.3 is 5.11 Å². The van der Waals surface area contributed by atoms with Gasteiger partial charge in [0.05, 0.1) is 16.8 Å². The molecule has 1 aromatic heterocycles. The van der Waals surface area contributed by atoms with Crippen molar-refractivity contribution < 1.29 is 42.2 Å². The third kappa shape index (κ3) is 1.64. The van der Waals surface area contributed by atoms with Gasteiger partial charge in [0.25, 0.3) is 0 Å². The van der Waals surface area contributed by atoms with Gasteiger partial charge in [-0.3, -0.25) is 4.79 Å². The largest absolute Gasteiger partial charge is 0.511 e. The summed E-state index contributed by atoms with van der Waals surface area (Å²) in [5.41, 5.74) is -1.70. The van der Waals surface area contributed by atoms with Crippen molar-refractivity contribution in [3.05, 3.63) is 16.8 Å². The van der Waals surface area contributed by atoms with Gasteiger partial charge in [0.15, 0.2) is 11.7 Å². The summed E-state index contributed by atoms with van der Waals surface area (Å²) in [5, 5.41) is 9.77. The molecule has 0 amide bonds. The van der Waals surface area contributed by atoms with Crippen molar-refractivity contribution in [3.8, 4) is 5.75 Å². The van der Waals surface area contributed by atoms with Crippen molar-refractivity contribution in [2.45, 2.75) is 12.9 Å². The molecule has 4 rings (SSSR count). The molecule has 1 N–H and O–H groups in total. The van der Waals surface area contributed by atoms with Crippen molar-refractivity contribution in [1.82, 2.24) is 4.98 Å². The predicted octanol–water partition coefficient (Wildman–Crippen LogP) is 0.933. The Labute approximate surface area is 111 Å². The van der Waals surface area contributed by atoms with Crippen LogP contribution in [-0.2, 0) is 38.3 Å². The molecule has 0 unspecified atom stereocenters. The molecule has 3 aliphatic rings. The number of phosphoric acid groups is 1. The molecule has 4 heterocycles. The summed E-state index contributed by atoms with van der Waals surface area (Å²) in [6, 6.07) is 0. The monoisotopic (exact) mass is 321 g/mol. The first kappa shape index (κ1) is 13.6. The molecule has 20 heavy (non-hydrogen) atoms. The highest BCUT2D eigenvalue weighted by Crippen LogP contribution is 2.76. The Balaban J connectivity index is 2.31. The zero-order valence-corrected chi connectivity index (χ0v) is 11.4. The molecule has 10 nitrogen and oxygen atoms in total. The molecule has 0 spiro atoms. The molecular formula is C8H5NO9P2. The van der Waals surface area contributed by atoms with E-state index in [-0.39, 0.29) is 12.0 Å². The minimum absolute atomic E-state index is 0.0946. The third-order valence-corrected chi connectivity index (χ3v) is 4.52. The first-order valence-corrected chi connectivity index (χ1v) is 7.68. The predicted molar refractivity (Wildman–Crippen MR) is 57.6 cm³/mol. The van der Waals surface area contributed by atoms with Gasteiger partial charge in [-0.2, -0.15) is 4.89 Å². The average molecular weight is 321 g/mol. The number of aryl methyl sites for hydroxylation is 1. The number of pyridine rings is 1. The van der Waals surface area contributed by atoms with Gasteiger partial charge in [-0.25, -0.2) is 27.7 Å². The van der Waals surface area contributed by atoms with Gasteiger partial charge in [-0.1, -0.05) is 0 Å². The molecule has 0 saturated carbocycles. The highest BCUT2D eigenvalue weighted by atomic mass is 31.2. The quantitative estimate of drug-likeness (QED) is 0.486. The smallest absolute Gasteiger partial charge is 0.505 e. The van der Waals surface area contributed by atoms with Crippen LogP contribution in [0.5, 0.6) is 5.75 Å². The highest BCUT2D eigenvalue weighted by molar-refractivity contribution is 7.49. The van der Waals surface area contributed by atoms with E-state index in [1.54, 1.807) is 0 Å². The summed E-state index contributed by atoms with van der Waals surface area (Å²) in [5.74, 6) is -2.86. The number of nitrogens with zero attached hydrogens (tertiary/aromatic N) is 1. The zero-order valence-electron chi connectivity index (χ0n) is 9.63. The van der Waals surface area contributed by atoms with E-state index in [1.165, 1.54) is 6.92 Å². The van der Waals surface area contributed by atoms with Crippen molar-refractivity contribution in [2.24, 2.45) is 0 Å². The van der Waals surface area contributed by atoms with E-state index in [0.717, 1.165) is 0 Å². The Morgan fingerprint density at radius 1 is 1.40 bits per heavy atom. The Bertz CT molecular complexity index is 737. The maximum absolute atomic E-state index is 11.4. The number of hydrogen-bond acceptors (Lipinski definition) is 10. The van der Waals surface area contributed by atoms with E-state index >= 15 is 0 Å². The van der Waals surface area contributed by atoms with Gasteiger partial charge in [0, 0.05) is 0 Å². The maximum atomic E-state index is 11.4. The number of aldehydes is 1. The van der Waals surface area contributed by atoms with Crippen molar-refractivity contribution in [3.63, 3.8) is 0 Å². The number of fused-ring (bicyclic) bond motifs is 1. The fourth-order valence-corrected chi connectivity index (χ4v) is 3.61. The van der Waals surface area contributed by atoms with Crippen molar-refractivity contribution >= 4 is 27.2 Å². The number of aromatic hydroxyl groups is 1. The molecule has 0 radical (unpaired) electrons. The van der Waals surface area contributed by atoms with Crippen molar-refractivity contribution in [1.29, 1.82) is 0 Å². The first-order chi connectivity index (χ1) is 9.32. The number of phosphoric ester groups is 1. The topological polar surface area (TPSA) is 138 Å². The lowest BCUT2D eigenvalue weighted by Gasteiger charge is -2.31. The van der Waals surface area contributed by atoms with Crippen LogP contribution in [0.15, 0.2) is 0 Å². The second-order valence-electron chi connectivity index (χ2n) is 3.88. The van der Waals surface area contributed by atoms with E-state index in [1.807, 2.05) is 0 Å². The molecule has 0 aromatic carbocycles. The number of aromatic nitrogens is 1. The molecule has 2 bridgehead atoms. The Morgan fingerprint density at radius 3 is 2.50 bits per heavy atom. The van der Waals surface area contributed by atoms with Crippen molar-refractivity contribution in [2.75, 3.05) is 0 Å². The fraction of sp³-hybridized carbons (Fsp3) is 0.250. The lowest BCUT2D eigenvalue weighted by Crippen LogP contribution is -2.39. The van der Waals surface area contributed by atoms with Crippen LogP contribution < -0.4 is 5.44 Å². The number of rotatable bonds is 3. The van der Waals surface area contributed by atoms with Crippen LogP contribution in [-0.4, -0.2) is 16.4 Å². The minimum atomic E-state index is -3.88. The Morgan fingerprint density at radius 2 is 2.05 bits per heavy atom. The Hall–Kier alpha value is -1.41. The number of carbonyl (C=O) groups excluding carboxylic acids is 1. The SMILES string of the molecule is Cc1nc(P(=O)=O)c(C23OOP(=O)(O2)O3)c(C=O)c1O. The molecule has 1 aromatic rings. The van der Waals surface area contributed by atoms with Gasteiger partial charge in [0.2, 0.25) is 0 Å². The lowest BCUT2D eigenvalue weighted by atomic mass is 10.1. The van der Waals surface area contributed by atoms with Crippen LogP contribution in [0.1, 0.15) is 21.6 Å². The second kappa shape index (κ2) is 4.05. The minimum Gasteiger partial charge on any atom is -0.505 e. The molecular weight excluding hydrogens is 316 g/mol. The highest BCUT2D eigenvalue weighted by Gasteiger charge is 2.71. The van der Waals surface area contributed by atoms with E-state index in [4.69, 9.17) is 9.05 Å². The molecule has 106 valence electrons. The molecule has 3 fully saturated rings. The van der Waals surface area contributed by atoms with Gasteiger partial charge in [0.1, 0.15) is 5.75 Å². The van der Waals surface area contributed by atoms with Gasteiger partial charge >= 0.3 is 21.5 Å². The molecule has 0 atom stereocenters. The summed E-state index contributed by atoms with van der Waals surface area (Å²) in [6.45, 7) is 1.30. The summed E-state index contributed by atoms with van der Waals surface area (Å²) >= 11 is 0. The normalized spacial score (nSPS) is 30.9. The Kier molecular flexibility index (Phi) is 2.74. The average Bonchev–Trinajstić information content (AvgIpc) is 2.85. The van der Waals surface area contributed by atoms with Crippen LogP contribution in [0.3, 0.4) is 0 Å². The summed E-state index contributed by atoms with van der Waals surface area (Å²) in [6.07, 6.45) is 0.175. The third-order valence-electron chi connectivity index (χ3n) is 2.66. The maximum Gasteiger partial charge on any atom is 0.511 e. The van der Waals surface area contributed by atoms with E-state index in [2.05, 4.69) is 14.5 Å². The summed E-state index contributed by atoms with van der Waals surface area (Å²) < 4.78 is 47.6. The zero-order chi connectivity index (χ0) is 14.7. The lowest BCUT2D eigenvalue weighted by molar-refractivity contribution is -0.386. The summed E-state index contributed by atoms with van der Waals surface area (Å²) in [4.78, 5) is 19.3. The van der Waals surface area contributed by atoms with Gasteiger partial charge in [-0.15, -0.1) is 4.67 Å². The summed E-state index contributed by atoms with van der Waals surface area (Å²) in [7, 11) is -7.16. The molecule has 3 aliphatic heterocycles. The van der Waals surface area contributed by atoms with Crippen LogP contribution in [0.25, 0.3) is 0 Å². The van der Waals surface area contributed by atoms with Gasteiger partial charge in [-0.05, 0) is 6.92 Å². The van der Waals surface area contributed by atoms with Crippen LogP contribution >= 0.6 is 15.5 Å². The fourth-order valence-electron chi connectivity index (χ4n) is 1.84. The van der Waals surface area contributed by atoms with E-state index in [0.29, 0.717) is 0 Å². The molecule has 12 heteroatoms. The number of carbonyl (C=O) groups is 1. The van der Waals surface area contributed by atoms with E-state index in [9.17, 15) is 23.6 Å².